The van der Waals surface area contributed by atoms with Gasteiger partial charge in [0.15, 0.2) is 5.56 Å². The van der Waals surface area contributed by atoms with Gasteiger partial charge >= 0.3 is 5.56 Å². The Morgan fingerprint density at radius 3 is 2.57 bits per heavy atom. The van der Waals surface area contributed by atoms with Gasteiger partial charge in [0, 0.05) is 28.0 Å². The molecule has 6 nitrogen and oxygen atoms in total. The molecule has 0 atom stereocenters. The number of aromatic nitrogens is 4. The minimum absolute atomic E-state index is 0.142. The van der Waals surface area contributed by atoms with Crippen molar-refractivity contribution in [3.63, 3.8) is 0 Å². The van der Waals surface area contributed by atoms with Crippen molar-refractivity contribution in [1.29, 1.82) is 0 Å². The molecule has 0 saturated heterocycles. The first-order valence-corrected chi connectivity index (χ1v) is 12.4. The zero-order chi connectivity index (χ0) is 24.9. The number of aryl methyl sites for hydroxylation is 3. The normalized spacial score (nSPS) is 11.3. The van der Waals surface area contributed by atoms with E-state index in [1.807, 2.05) is 45.0 Å². The number of benzene rings is 1. The lowest BCUT2D eigenvalue weighted by Gasteiger charge is -2.12. The van der Waals surface area contributed by atoms with E-state index in [0.717, 1.165) is 21.1 Å². The van der Waals surface area contributed by atoms with Gasteiger partial charge in [-0.25, -0.2) is 14.8 Å². The van der Waals surface area contributed by atoms with E-state index in [4.69, 9.17) is 23.2 Å². The van der Waals surface area contributed by atoms with Gasteiger partial charge in [-0.2, -0.15) is 8.97 Å². The Bertz CT molecular complexity index is 1680. The number of rotatable bonds is 4. The van der Waals surface area contributed by atoms with Gasteiger partial charge in [-0.3, -0.25) is 0 Å². The Labute approximate surface area is 215 Å². The van der Waals surface area contributed by atoms with Crippen LogP contribution in [0.5, 0.6) is 5.88 Å². The molecule has 0 amide bonds. The second kappa shape index (κ2) is 9.07. The molecule has 0 aliphatic carbocycles. The Morgan fingerprint density at radius 1 is 1.09 bits per heavy atom. The first kappa shape index (κ1) is 23.5. The maximum atomic E-state index is 13.7. The molecule has 35 heavy (non-hydrogen) atoms. The van der Waals surface area contributed by atoms with Crippen LogP contribution in [0.4, 0.5) is 0 Å². The van der Waals surface area contributed by atoms with Crippen LogP contribution in [-0.4, -0.2) is 19.5 Å². The van der Waals surface area contributed by atoms with E-state index >= 15 is 0 Å². The van der Waals surface area contributed by atoms with Gasteiger partial charge in [-0.05, 0) is 74.4 Å². The first-order chi connectivity index (χ1) is 16.7. The van der Waals surface area contributed by atoms with Crippen LogP contribution in [0.2, 0.25) is 10.2 Å². The van der Waals surface area contributed by atoms with Gasteiger partial charge in [0.1, 0.15) is 11.7 Å². The number of hydrogen-bond donors (Lipinski definition) is 1. The minimum atomic E-state index is -0.348. The standard InChI is InChI=1S/C26H20Cl2N4O2S/c1-14-5-4-8-31-24(14)32(13-20-12-29-16(3)35-20)26(34)22(25(31)33)18-9-17(10-19(27)11-18)21-7-6-15(2)30-23(21)28/h4-12H,13H2,1-3H3/p+1. The lowest BCUT2D eigenvalue weighted by atomic mass is 10.0. The monoisotopic (exact) mass is 523 g/mol. The first-order valence-electron chi connectivity index (χ1n) is 10.9. The van der Waals surface area contributed by atoms with Crippen molar-refractivity contribution in [3.05, 3.63) is 96.5 Å². The average molecular weight is 524 g/mol. The molecule has 0 radical (unpaired) electrons. The van der Waals surface area contributed by atoms with Crippen molar-refractivity contribution in [2.24, 2.45) is 0 Å². The summed E-state index contributed by atoms with van der Waals surface area (Å²) < 4.78 is 3.29. The molecule has 0 aliphatic rings. The number of fused-ring (bicyclic) bond motifs is 1. The summed E-state index contributed by atoms with van der Waals surface area (Å²) in [6, 6.07) is 12.7. The van der Waals surface area contributed by atoms with Gasteiger partial charge in [0.05, 0.1) is 16.1 Å². The number of nitrogens with zero attached hydrogens (tertiary/aromatic N) is 4. The lowest BCUT2D eigenvalue weighted by Crippen LogP contribution is -2.41. The van der Waals surface area contributed by atoms with Gasteiger partial charge < -0.3 is 5.11 Å². The highest BCUT2D eigenvalue weighted by atomic mass is 35.5. The highest BCUT2D eigenvalue weighted by Crippen LogP contribution is 2.34. The van der Waals surface area contributed by atoms with Crippen LogP contribution < -0.4 is 10.1 Å². The van der Waals surface area contributed by atoms with Crippen molar-refractivity contribution < 1.29 is 9.67 Å². The number of hydrogen-bond acceptors (Lipinski definition) is 5. The maximum absolute atomic E-state index is 13.7. The molecule has 4 aromatic heterocycles. The molecule has 9 heteroatoms. The van der Waals surface area contributed by atoms with Gasteiger partial charge in [0.2, 0.25) is 0 Å². The van der Waals surface area contributed by atoms with Crippen LogP contribution >= 0.6 is 34.5 Å². The van der Waals surface area contributed by atoms with E-state index < -0.39 is 0 Å². The SMILES string of the molecule is Cc1ccc(-c2cc(Cl)cc(-c3c(O)[n+](Cc4cnc(C)s4)c4c(C)cccn4c3=O)c2)c(Cl)n1. The molecule has 0 spiro atoms. The number of thiazole rings is 1. The molecule has 176 valence electrons. The Morgan fingerprint density at radius 2 is 1.86 bits per heavy atom. The summed E-state index contributed by atoms with van der Waals surface area (Å²) in [5, 5.41) is 13.2. The summed E-state index contributed by atoms with van der Waals surface area (Å²) in [7, 11) is 0. The van der Waals surface area contributed by atoms with Crippen LogP contribution in [0.15, 0.2) is 59.7 Å². The van der Waals surface area contributed by atoms with Gasteiger partial charge in [-0.15, -0.1) is 11.3 Å². The highest BCUT2D eigenvalue weighted by molar-refractivity contribution is 7.11. The van der Waals surface area contributed by atoms with Gasteiger partial charge in [0.25, 0.3) is 11.5 Å². The summed E-state index contributed by atoms with van der Waals surface area (Å²) in [5.41, 5.74) is 3.93. The van der Waals surface area contributed by atoms with Crippen molar-refractivity contribution in [1.82, 2.24) is 14.4 Å². The molecule has 0 bridgehead atoms. The van der Waals surface area contributed by atoms with E-state index in [2.05, 4.69) is 9.97 Å². The molecule has 1 N–H and O–H groups in total. The molecular formula is C26H21Cl2N4O2S+. The van der Waals surface area contributed by atoms with Crippen LogP contribution in [0.3, 0.4) is 0 Å². The molecular weight excluding hydrogens is 503 g/mol. The second-order valence-electron chi connectivity index (χ2n) is 8.34. The predicted molar refractivity (Wildman–Crippen MR) is 140 cm³/mol. The number of aromatic hydroxyl groups is 1. The largest absolute Gasteiger partial charge is 0.477 e. The maximum Gasteiger partial charge on any atom is 0.354 e. The second-order valence-corrected chi connectivity index (χ2v) is 10.5. The van der Waals surface area contributed by atoms with E-state index in [1.165, 1.54) is 0 Å². The Hall–Kier alpha value is -3.26. The highest BCUT2D eigenvalue weighted by Gasteiger charge is 2.27. The average Bonchev–Trinajstić information content (AvgIpc) is 3.21. The fourth-order valence-electron chi connectivity index (χ4n) is 4.23. The predicted octanol–water partition coefficient (Wildman–Crippen LogP) is 5.76. The van der Waals surface area contributed by atoms with Crippen molar-refractivity contribution in [2.75, 3.05) is 0 Å². The summed E-state index contributed by atoms with van der Waals surface area (Å²) in [6.07, 6.45) is 3.49. The van der Waals surface area contributed by atoms with E-state index in [-0.39, 0.29) is 17.0 Å². The van der Waals surface area contributed by atoms with Crippen molar-refractivity contribution >= 4 is 40.2 Å². The molecule has 0 saturated carbocycles. The van der Waals surface area contributed by atoms with E-state index in [9.17, 15) is 9.90 Å². The molecule has 0 unspecified atom stereocenters. The summed E-state index contributed by atoms with van der Waals surface area (Å²) in [6.45, 7) is 6.06. The Balaban J connectivity index is 1.79. The molecule has 4 heterocycles. The zero-order valence-corrected chi connectivity index (χ0v) is 21.5. The number of halogens is 2. The van der Waals surface area contributed by atoms with Crippen LogP contribution in [0.25, 0.3) is 27.9 Å². The molecule has 0 aliphatic heterocycles. The third-order valence-electron chi connectivity index (χ3n) is 5.80. The third-order valence-corrected chi connectivity index (χ3v) is 7.20. The summed E-state index contributed by atoms with van der Waals surface area (Å²) in [4.78, 5) is 23.3. The van der Waals surface area contributed by atoms with Crippen LogP contribution in [0, 0.1) is 20.8 Å². The summed E-state index contributed by atoms with van der Waals surface area (Å²) in [5.74, 6) is -0.142. The van der Waals surface area contributed by atoms with E-state index in [0.29, 0.717) is 39.1 Å². The number of pyridine rings is 2. The van der Waals surface area contributed by atoms with Crippen LogP contribution in [-0.2, 0) is 6.54 Å². The Kier molecular flexibility index (Phi) is 6.09. The zero-order valence-electron chi connectivity index (χ0n) is 19.2. The molecule has 0 fully saturated rings. The fraction of sp³-hybridized carbons (Fsp3) is 0.154. The van der Waals surface area contributed by atoms with Crippen molar-refractivity contribution in [3.8, 4) is 28.1 Å². The minimum Gasteiger partial charge on any atom is -0.477 e. The smallest absolute Gasteiger partial charge is 0.354 e. The molecule has 5 aromatic rings. The quantitative estimate of drug-likeness (QED) is 0.240. The van der Waals surface area contributed by atoms with Crippen molar-refractivity contribution in [2.45, 2.75) is 27.3 Å². The lowest BCUT2D eigenvalue weighted by molar-refractivity contribution is -0.671. The molecule has 5 rings (SSSR count). The van der Waals surface area contributed by atoms with Gasteiger partial charge in [-0.1, -0.05) is 23.2 Å². The fourth-order valence-corrected chi connectivity index (χ4v) is 5.56. The van der Waals surface area contributed by atoms with Crippen LogP contribution in [0.1, 0.15) is 21.1 Å². The third kappa shape index (κ3) is 4.31. The summed E-state index contributed by atoms with van der Waals surface area (Å²) >= 11 is 14.4. The topological polar surface area (TPSA) is 71.4 Å². The van der Waals surface area contributed by atoms with E-state index in [1.54, 1.807) is 50.9 Å². The molecule has 1 aromatic carbocycles.